The second-order valence-electron chi connectivity index (χ2n) is 7.99. The summed E-state index contributed by atoms with van der Waals surface area (Å²) in [7, 11) is 0. The van der Waals surface area contributed by atoms with Crippen molar-refractivity contribution in [2.24, 2.45) is 4.99 Å². The van der Waals surface area contributed by atoms with E-state index in [1.165, 1.54) is 12.1 Å². The van der Waals surface area contributed by atoms with Crippen molar-refractivity contribution >= 4 is 41.7 Å². The second kappa shape index (κ2) is 11.8. The highest BCUT2D eigenvalue weighted by atomic mass is 127. The third-order valence-electron chi connectivity index (χ3n) is 3.42. The molecule has 0 aliphatic rings. The Morgan fingerprint density at radius 2 is 1.86 bits per heavy atom. The molecule has 0 atom stereocenters. The van der Waals surface area contributed by atoms with E-state index in [1.54, 1.807) is 12.1 Å². The molecule has 0 bridgehead atoms. The topological polar surface area (TPSA) is 118 Å². The first kappa shape index (κ1) is 26.9. The van der Waals surface area contributed by atoms with Crippen LogP contribution in [0.5, 0.6) is 0 Å². The Kier molecular flexibility index (Phi) is 10.9. The normalized spacial score (nSPS) is 11.9. The van der Waals surface area contributed by atoms with Crippen LogP contribution in [0, 0.1) is 10.1 Å². The van der Waals surface area contributed by atoms with Gasteiger partial charge in [0.05, 0.1) is 17.0 Å². The van der Waals surface area contributed by atoms with E-state index >= 15 is 0 Å². The van der Waals surface area contributed by atoms with Gasteiger partial charge in [-0.1, -0.05) is 12.1 Å². The first-order valence-electron chi connectivity index (χ1n) is 9.18. The Labute approximate surface area is 189 Å². The second-order valence-corrected chi connectivity index (χ2v) is 7.99. The molecular weight excluding hydrogens is 489 g/mol. The highest BCUT2D eigenvalue weighted by Gasteiger charge is 2.24. The van der Waals surface area contributed by atoms with Crippen LogP contribution in [0.1, 0.15) is 47.1 Å². The molecule has 10 heteroatoms. The van der Waals surface area contributed by atoms with Gasteiger partial charge >= 0.3 is 6.09 Å². The molecule has 0 aromatic heterocycles. The van der Waals surface area contributed by atoms with Crippen molar-refractivity contribution in [3.05, 3.63) is 39.9 Å². The van der Waals surface area contributed by atoms with Gasteiger partial charge < -0.3 is 20.7 Å². The maximum absolute atomic E-state index is 12.0. The summed E-state index contributed by atoms with van der Waals surface area (Å²) in [6.45, 7) is 12.5. The molecule has 0 heterocycles. The summed E-state index contributed by atoms with van der Waals surface area (Å²) < 4.78 is 5.29. The molecule has 1 rings (SSSR count). The molecule has 0 fully saturated rings. The number of non-ortho nitro benzene ring substituents is 1. The molecule has 3 N–H and O–H groups in total. The van der Waals surface area contributed by atoms with Crippen molar-refractivity contribution in [2.75, 3.05) is 13.1 Å². The van der Waals surface area contributed by atoms with Gasteiger partial charge in [0.15, 0.2) is 5.96 Å². The third kappa shape index (κ3) is 11.5. The van der Waals surface area contributed by atoms with Crippen LogP contribution < -0.4 is 16.0 Å². The van der Waals surface area contributed by atoms with Crippen LogP contribution in [0.15, 0.2) is 29.3 Å². The van der Waals surface area contributed by atoms with Crippen LogP contribution in [0.3, 0.4) is 0 Å². The van der Waals surface area contributed by atoms with E-state index in [2.05, 4.69) is 20.9 Å². The number of rotatable bonds is 7. The van der Waals surface area contributed by atoms with Crippen molar-refractivity contribution in [3.63, 3.8) is 0 Å². The summed E-state index contributed by atoms with van der Waals surface area (Å²) in [4.78, 5) is 26.9. The molecule has 29 heavy (non-hydrogen) atoms. The molecule has 0 spiro atoms. The third-order valence-corrected chi connectivity index (χ3v) is 3.42. The Bertz CT molecular complexity index is 717. The summed E-state index contributed by atoms with van der Waals surface area (Å²) in [5.41, 5.74) is -0.377. The average Bonchev–Trinajstić information content (AvgIpc) is 2.55. The van der Waals surface area contributed by atoms with Crippen molar-refractivity contribution < 1.29 is 14.5 Å². The van der Waals surface area contributed by atoms with Crippen molar-refractivity contribution in [3.8, 4) is 0 Å². The maximum atomic E-state index is 12.0. The van der Waals surface area contributed by atoms with Gasteiger partial charge in [0.1, 0.15) is 5.60 Å². The van der Waals surface area contributed by atoms with Crippen LogP contribution in [-0.4, -0.2) is 41.2 Å². The van der Waals surface area contributed by atoms with Crippen LogP contribution in [-0.2, 0) is 11.3 Å². The zero-order valence-corrected chi connectivity index (χ0v) is 20.2. The smallest absolute Gasteiger partial charge is 0.408 e. The lowest BCUT2D eigenvalue weighted by Gasteiger charge is -2.29. The van der Waals surface area contributed by atoms with Gasteiger partial charge in [-0.05, 0) is 47.1 Å². The van der Waals surface area contributed by atoms with Gasteiger partial charge in [-0.2, -0.15) is 0 Å². The number of guanidine groups is 1. The predicted molar refractivity (Wildman–Crippen MR) is 125 cm³/mol. The number of ether oxygens (including phenoxy) is 1. The largest absolute Gasteiger partial charge is 0.444 e. The van der Waals surface area contributed by atoms with Gasteiger partial charge in [0, 0.05) is 25.2 Å². The molecule has 1 aromatic carbocycles. The minimum Gasteiger partial charge on any atom is -0.444 e. The van der Waals surface area contributed by atoms with E-state index in [9.17, 15) is 14.9 Å². The molecule has 1 amide bonds. The lowest BCUT2D eigenvalue weighted by atomic mass is 10.1. The van der Waals surface area contributed by atoms with Crippen LogP contribution >= 0.6 is 24.0 Å². The lowest BCUT2D eigenvalue weighted by molar-refractivity contribution is -0.384. The van der Waals surface area contributed by atoms with Gasteiger partial charge in [0.2, 0.25) is 0 Å². The highest BCUT2D eigenvalue weighted by Crippen LogP contribution is 2.13. The minimum atomic E-state index is -0.579. The number of hydrogen-bond acceptors (Lipinski definition) is 5. The molecule has 164 valence electrons. The van der Waals surface area contributed by atoms with E-state index in [-0.39, 0.29) is 36.2 Å². The molecule has 0 aliphatic heterocycles. The van der Waals surface area contributed by atoms with E-state index in [1.807, 2.05) is 41.5 Å². The van der Waals surface area contributed by atoms with Gasteiger partial charge in [0.25, 0.3) is 5.69 Å². The Morgan fingerprint density at radius 1 is 1.21 bits per heavy atom. The molecule has 0 aliphatic carbocycles. The maximum Gasteiger partial charge on any atom is 0.408 e. The number of nitro benzene ring substituents is 1. The number of halogens is 1. The SMILES string of the molecule is CCNC(=NCc1cccc([N+](=O)[O-])c1)NCC(C)(C)NC(=O)OC(C)(C)C.I. The fourth-order valence-electron chi connectivity index (χ4n) is 2.21. The summed E-state index contributed by atoms with van der Waals surface area (Å²) in [5.74, 6) is 0.549. The first-order chi connectivity index (χ1) is 12.9. The average molecular weight is 521 g/mol. The fourth-order valence-corrected chi connectivity index (χ4v) is 2.21. The zero-order chi connectivity index (χ0) is 21.4. The number of carbonyl (C=O) groups excluding carboxylic acids is 1. The number of nitro groups is 1. The molecule has 0 saturated heterocycles. The number of hydrogen-bond donors (Lipinski definition) is 3. The molecule has 0 radical (unpaired) electrons. The summed E-state index contributed by atoms with van der Waals surface area (Å²) in [5, 5.41) is 20.0. The predicted octanol–water partition coefficient (Wildman–Crippen LogP) is 3.57. The number of amides is 1. The first-order valence-corrected chi connectivity index (χ1v) is 9.18. The van der Waals surface area contributed by atoms with Crippen molar-refractivity contribution in [1.29, 1.82) is 0 Å². The lowest BCUT2D eigenvalue weighted by Crippen LogP contribution is -2.54. The van der Waals surface area contributed by atoms with Crippen molar-refractivity contribution in [1.82, 2.24) is 16.0 Å². The molecule has 9 nitrogen and oxygen atoms in total. The minimum absolute atomic E-state index is 0. The number of aliphatic imine (C=N–C) groups is 1. The summed E-state index contributed by atoms with van der Waals surface area (Å²) >= 11 is 0. The Balaban J connectivity index is 0.00000784. The number of nitrogens with zero attached hydrogens (tertiary/aromatic N) is 2. The summed E-state index contributed by atoms with van der Waals surface area (Å²) in [6.07, 6.45) is -0.488. The number of benzene rings is 1. The van der Waals surface area contributed by atoms with Crippen LogP contribution in [0.2, 0.25) is 0 Å². The van der Waals surface area contributed by atoms with Gasteiger partial charge in [-0.3, -0.25) is 10.1 Å². The highest BCUT2D eigenvalue weighted by molar-refractivity contribution is 14.0. The summed E-state index contributed by atoms with van der Waals surface area (Å²) in [6, 6.07) is 6.37. The van der Waals surface area contributed by atoms with Gasteiger partial charge in [-0.25, -0.2) is 9.79 Å². The standard InChI is InChI=1S/C19H31N5O4.HI/c1-7-20-16(21-12-14-9-8-10-15(11-14)24(26)27)22-13-19(5,6)23-17(25)28-18(2,3)4;/h8-11H,7,12-13H2,1-6H3,(H,23,25)(H2,20,21,22);1H. The Hall–Kier alpha value is -2.11. The quantitative estimate of drug-likeness (QED) is 0.166. The van der Waals surface area contributed by atoms with Gasteiger partial charge in [-0.15, -0.1) is 24.0 Å². The van der Waals surface area contributed by atoms with E-state index in [4.69, 9.17) is 4.74 Å². The van der Waals surface area contributed by atoms with Crippen LogP contribution in [0.4, 0.5) is 10.5 Å². The fraction of sp³-hybridized carbons (Fsp3) is 0.579. The van der Waals surface area contributed by atoms with Crippen molar-refractivity contribution in [2.45, 2.75) is 59.2 Å². The molecule has 0 saturated carbocycles. The number of nitrogens with one attached hydrogen (secondary N) is 3. The Morgan fingerprint density at radius 3 is 2.41 bits per heavy atom. The number of carbonyl (C=O) groups is 1. The zero-order valence-electron chi connectivity index (χ0n) is 17.9. The number of alkyl carbamates (subject to hydrolysis) is 1. The van der Waals surface area contributed by atoms with E-state index in [0.717, 1.165) is 5.56 Å². The van der Waals surface area contributed by atoms with E-state index in [0.29, 0.717) is 19.0 Å². The molecular formula is C19H32IN5O4. The monoisotopic (exact) mass is 521 g/mol. The van der Waals surface area contributed by atoms with Crippen LogP contribution in [0.25, 0.3) is 0 Å². The van der Waals surface area contributed by atoms with E-state index < -0.39 is 22.2 Å². The molecule has 0 unspecified atom stereocenters. The molecule has 1 aromatic rings.